The molecule has 1 atom stereocenters. The molecule has 1 aliphatic heterocycles. The number of nitrogens with one attached hydrogen (secondary N) is 1. The first-order valence-corrected chi connectivity index (χ1v) is 11.0. The molecule has 1 unspecified atom stereocenters. The molecule has 0 spiro atoms. The molecule has 1 heterocycles. The molecule has 0 aromatic heterocycles. The van der Waals surface area contributed by atoms with E-state index in [1.807, 2.05) is 0 Å². The van der Waals surface area contributed by atoms with Gasteiger partial charge in [0.05, 0.1) is 46.9 Å². The van der Waals surface area contributed by atoms with E-state index in [0.717, 1.165) is 0 Å². The van der Waals surface area contributed by atoms with Gasteiger partial charge in [0, 0.05) is 25.7 Å². The van der Waals surface area contributed by atoms with Crippen molar-refractivity contribution in [1.29, 1.82) is 0 Å². The zero-order valence-corrected chi connectivity index (χ0v) is 20.3. The van der Waals surface area contributed by atoms with Crippen molar-refractivity contribution >= 4 is 23.7 Å². The Hall–Kier alpha value is -3.50. The van der Waals surface area contributed by atoms with Crippen LogP contribution in [0.3, 0.4) is 0 Å². The van der Waals surface area contributed by atoms with Crippen LogP contribution < -0.4 is 19.5 Å². The van der Waals surface area contributed by atoms with Crippen molar-refractivity contribution in [1.82, 2.24) is 15.1 Å². The summed E-state index contributed by atoms with van der Waals surface area (Å²) in [6.45, 7) is 2.37. The van der Waals surface area contributed by atoms with E-state index < -0.39 is 11.8 Å². The number of amides is 3. The van der Waals surface area contributed by atoms with Gasteiger partial charge in [-0.15, -0.1) is 0 Å². The Bertz CT molecular complexity index is 879. The van der Waals surface area contributed by atoms with Gasteiger partial charge in [0.1, 0.15) is 0 Å². The smallest absolute Gasteiger partial charge is 0.310 e. The molecule has 0 radical (unpaired) electrons. The Balaban J connectivity index is 1.92. The van der Waals surface area contributed by atoms with Crippen LogP contribution in [-0.4, -0.2) is 94.7 Å². The number of carbonyl (C=O) groups excluding carboxylic acids is 4. The second-order valence-electron chi connectivity index (χ2n) is 7.78. The number of benzene rings is 1. The largest absolute Gasteiger partial charge is 0.493 e. The maximum Gasteiger partial charge on any atom is 0.310 e. The van der Waals surface area contributed by atoms with Crippen LogP contribution in [0.1, 0.15) is 30.1 Å². The van der Waals surface area contributed by atoms with Crippen LogP contribution in [0.25, 0.3) is 0 Å². The third-order valence-electron chi connectivity index (χ3n) is 5.52. The quantitative estimate of drug-likeness (QED) is 0.487. The van der Waals surface area contributed by atoms with Crippen molar-refractivity contribution in [3.05, 3.63) is 17.7 Å². The first-order valence-electron chi connectivity index (χ1n) is 11.0. The molecule has 1 fully saturated rings. The van der Waals surface area contributed by atoms with Crippen LogP contribution >= 0.6 is 0 Å². The summed E-state index contributed by atoms with van der Waals surface area (Å²) in [5, 5.41) is 2.54. The lowest BCUT2D eigenvalue weighted by Gasteiger charge is -2.32. The van der Waals surface area contributed by atoms with E-state index in [1.54, 1.807) is 11.8 Å². The summed E-state index contributed by atoms with van der Waals surface area (Å²) in [5.41, 5.74) is 0.222. The fourth-order valence-corrected chi connectivity index (χ4v) is 3.65. The lowest BCUT2D eigenvalue weighted by Crippen LogP contribution is -2.48. The molecule has 0 aliphatic carbocycles. The second kappa shape index (κ2) is 12.7. The van der Waals surface area contributed by atoms with Gasteiger partial charge < -0.3 is 34.1 Å². The summed E-state index contributed by atoms with van der Waals surface area (Å²) >= 11 is 0. The van der Waals surface area contributed by atoms with Gasteiger partial charge in [-0.2, -0.15) is 0 Å². The third kappa shape index (κ3) is 6.75. The van der Waals surface area contributed by atoms with Crippen molar-refractivity contribution < 1.29 is 38.1 Å². The molecule has 1 aromatic carbocycles. The number of carbonyl (C=O) groups is 4. The lowest BCUT2D eigenvalue weighted by molar-refractivity contribution is -0.152. The van der Waals surface area contributed by atoms with Gasteiger partial charge in [-0.25, -0.2) is 0 Å². The van der Waals surface area contributed by atoms with Crippen molar-refractivity contribution in [3.63, 3.8) is 0 Å². The van der Waals surface area contributed by atoms with Crippen molar-refractivity contribution in [2.24, 2.45) is 5.92 Å². The second-order valence-corrected chi connectivity index (χ2v) is 7.78. The molecule has 1 N–H and O–H groups in total. The maximum absolute atomic E-state index is 12.7. The van der Waals surface area contributed by atoms with Gasteiger partial charge in [-0.3, -0.25) is 19.2 Å². The third-order valence-corrected chi connectivity index (χ3v) is 5.52. The van der Waals surface area contributed by atoms with E-state index in [2.05, 4.69) is 5.32 Å². The Kier molecular flexibility index (Phi) is 9.96. The van der Waals surface area contributed by atoms with E-state index in [0.29, 0.717) is 43.2 Å². The Morgan fingerprint density at radius 1 is 1.09 bits per heavy atom. The van der Waals surface area contributed by atoms with E-state index in [4.69, 9.17) is 18.9 Å². The highest BCUT2D eigenvalue weighted by molar-refractivity contribution is 5.98. The summed E-state index contributed by atoms with van der Waals surface area (Å²) in [6, 6.07) is 2.95. The molecule has 1 aliphatic rings. The first-order chi connectivity index (χ1) is 16.2. The molecule has 1 aromatic rings. The number of ether oxygens (including phenoxy) is 4. The van der Waals surface area contributed by atoms with Gasteiger partial charge in [-0.05, 0) is 31.9 Å². The molecule has 0 bridgehead atoms. The van der Waals surface area contributed by atoms with Crippen LogP contribution in [0, 0.1) is 5.92 Å². The summed E-state index contributed by atoms with van der Waals surface area (Å²) in [6.07, 6.45) is 1.36. The highest BCUT2D eigenvalue weighted by Crippen LogP contribution is 2.38. The minimum atomic E-state index is -0.513. The molecular weight excluding hydrogens is 446 g/mol. The van der Waals surface area contributed by atoms with Crippen molar-refractivity contribution in [3.8, 4) is 17.2 Å². The van der Waals surface area contributed by atoms with Crippen LogP contribution in [0.2, 0.25) is 0 Å². The predicted molar refractivity (Wildman–Crippen MR) is 122 cm³/mol. The molecule has 1 saturated heterocycles. The SMILES string of the molecule is CCOC(=O)C1CCCN(C(=O)CN(C)C(=O)CNC(=O)c2cc(OC)c(OC)c(OC)c2)C1. The predicted octanol–water partition coefficient (Wildman–Crippen LogP) is 0.702. The molecule has 0 saturated carbocycles. The highest BCUT2D eigenvalue weighted by Gasteiger charge is 2.30. The van der Waals surface area contributed by atoms with Crippen molar-refractivity contribution in [2.45, 2.75) is 19.8 Å². The molecule has 3 amide bonds. The maximum atomic E-state index is 12.7. The summed E-state index contributed by atoms with van der Waals surface area (Å²) in [5.74, 6) is -0.906. The minimum Gasteiger partial charge on any atom is -0.493 e. The zero-order valence-electron chi connectivity index (χ0n) is 20.3. The number of hydrogen-bond donors (Lipinski definition) is 1. The van der Waals surface area contributed by atoms with Gasteiger partial charge in [0.2, 0.25) is 17.6 Å². The molecule has 11 nitrogen and oxygen atoms in total. The number of hydrogen-bond acceptors (Lipinski definition) is 8. The summed E-state index contributed by atoms with van der Waals surface area (Å²) in [4.78, 5) is 52.5. The number of likely N-dealkylation sites (tertiary alicyclic amines) is 1. The standard InChI is InChI=1S/C23H33N3O8/c1-6-34-23(30)15-8-7-9-26(13-15)20(28)14-25(2)19(27)12-24-22(29)16-10-17(31-3)21(33-5)18(11-16)32-4/h10-11,15H,6-9,12-14H2,1-5H3,(H,24,29). The number of piperidine rings is 1. The fraction of sp³-hybridized carbons (Fsp3) is 0.565. The fourth-order valence-electron chi connectivity index (χ4n) is 3.65. The van der Waals surface area contributed by atoms with E-state index >= 15 is 0 Å². The topological polar surface area (TPSA) is 124 Å². The number of likely N-dealkylation sites (N-methyl/N-ethyl adjacent to an activating group) is 1. The zero-order chi connectivity index (χ0) is 25.3. The average Bonchev–Trinajstić information content (AvgIpc) is 2.85. The van der Waals surface area contributed by atoms with Crippen LogP contribution in [0.15, 0.2) is 12.1 Å². The summed E-state index contributed by atoms with van der Waals surface area (Å²) in [7, 11) is 5.81. The Morgan fingerprint density at radius 2 is 1.74 bits per heavy atom. The van der Waals surface area contributed by atoms with Crippen LogP contribution in [-0.2, 0) is 19.1 Å². The normalized spacial score (nSPS) is 15.2. The number of methoxy groups -OCH3 is 3. The van der Waals surface area contributed by atoms with E-state index in [9.17, 15) is 19.2 Å². The van der Waals surface area contributed by atoms with E-state index in [1.165, 1.54) is 45.4 Å². The van der Waals surface area contributed by atoms with Crippen LogP contribution in [0.4, 0.5) is 0 Å². The van der Waals surface area contributed by atoms with Gasteiger partial charge in [-0.1, -0.05) is 0 Å². The van der Waals surface area contributed by atoms with Crippen molar-refractivity contribution in [2.75, 3.05) is 61.2 Å². The molecule has 188 valence electrons. The highest BCUT2D eigenvalue weighted by atomic mass is 16.5. The van der Waals surface area contributed by atoms with Gasteiger partial charge >= 0.3 is 5.97 Å². The lowest BCUT2D eigenvalue weighted by atomic mass is 9.98. The summed E-state index contributed by atoms with van der Waals surface area (Å²) < 4.78 is 20.8. The molecule has 34 heavy (non-hydrogen) atoms. The van der Waals surface area contributed by atoms with Gasteiger partial charge in [0.15, 0.2) is 11.5 Å². The number of esters is 1. The molecule has 2 rings (SSSR count). The Morgan fingerprint density at radius 3 is 2.29 bits per heavy atom. The first kappa shape index (κ1) is 26.7. The van der Waals surface area contributed by atoms with E-state index in [-0.39, 0.29) is 43.0 Å². The van der Waals surface area contributed by atoms with Gasteiger partial charge in [0.25, 0.3) is 5.91 Å². The Labute approximate surface area is 199 Å². The monoisotopic (exact) mass is 479 g/mol. The molecular formula is C23H33N3O8. The minimum absolute atomic E-state index is 0.158. The average molecular weight is 480 g/mol. The van der Waals surface area contributed by atoms with Crippen LogP contribution in [0.5, 0.6) is 17.2 Å². The number of nitrogens with zero attached hydrogens (tertiary/aromatic N) is 2. The number of rotatable bonds is 10. The molecule has 11 heteroatoms.